The van der Waals surface area contributed by atoms with Crippen LogP contribution in [-0.4, -0.2) is 36.5 Å². The van der Waals surface area contributed by atoms with Crippen molar-refractivity contribution in [2.24, 2.45) is 5.73 Å². The molecule has 132 valence electrons. The highest BCUT2D eigenvalue weighted by Gasteiger charge is 2.31. The molecule has 0 saturated carbocycles. The first-order valence-corrected chi connectivity index (χ1v) is 8.30. The highest BCUT2D eigenvalue weighted by molar-refractivity contribution is 5.90. The van der Waals surface area contributed by atoms with Crippen LogP contribution in [0.1, 0.15) is 17.9 Å². The number of likely N-dealkylation sites (tertiary alicyclic amines) is 1. The van der Waals surface area contributed by atoms with Crippen LogP contribution in [-0.2, 0) is 4.79 Å². The molecule has 0 unspecified atom stereocenters. The molecule has 3 rings (SSSR count). The molecule has 2 aromatic rings. The van der Waals surface area contributed by atoms with E-state index in [9.17, 15) is 13.6 Å². The van der Waals surface area contributed by atoms with Gasteiger partial charge in [0.25, 0.3) is 0 Å². The van der Waals surface area contributed by atoms with Crippen LogP contribution >= 0.6 is 0 Å². The molecule has 4 nitrogen and oxygen atoms in total. The highest BCUT2D eigenvalue weighted by Crippen LogP contribution is 2.26. The van der Waals surface area contributed by atoms with Gasteiger partial charge in [-0.05, 0) is 17.7 Å². The van der Waals surface area contributed by atoms with Crippen molar-refractivity contribution in [2.45, 2.75) is 18.4 Å². The van der Waals surface area contributed by atoms with Crippen LogP contribution in [0.5, 0.6) is 0 Å². The van der Waals surface area contributed by atoms with Crippen LogP contribution in [0.4, 0.5) is 14.5 Å². The number of nitrogens with zero attached hydrogens (tertiary/aromatic N) is 1. The lowest BCUT2D eigenvalue weighted by Gasteiger charge is -2.16. The first-order valence-electron chi connectivity index (χ1n) is 8.30. The minimum atomic E-state index is -0.716. The van der Waals surface area contributed by atoms with E-state index in [4.69, 9.17) is 5.73 Å². The summed E-state index contributed by atoms with van der Waals surface area (Å²) >= 11 is 0. The van der Waals surface area contributed by atoms with Crippen molar-refractivity contribution < 1.29 is 13.6 Å². The van der Waals surface area contributed by atoms with Gasteiger partial charge in [-0.25, -0.2) is 8.78 Å². The molecule has 2 aromatic carbocycles. The van der Waals surface area contributed by atoms with Gasteiger partial charge < -0.3 is 16.0 Å². The van der Waals surface area contributed by atoms with Crippen molar-refractivity contribution in [3.8, 4) is 0 Å². The van der Waals surface area contributed by atoms with E-state index in [2.05, 4.69) is 22.3 Å². The Kier molecular flexibility index (Phi) is 5.40. The van der Waals surface area contributed by atoms with Crippen molar-refractivity contribution in [1.29, 1.82) is 0 Å². The number of hydrogen-bond donors (Lipinski definition) is 2. The molecule has 1 aliphatic rings. The van der Waals surface area contributed by atoms with Crippen molar-refractivity contribution in [3.63, 3.8) is 0 Å². The summed E-state index contributed by atoms with van der Waals surface area (Å²) in [7, 11) is 0. The maximum absolute atomic E-state index is 13.1. The summed E-state index contributed by atoms with van der Waals surface area (Å²) in [6.07, 6.45) is 0.242. The Morgan fingerprint density at radius 3 is 2.48 bits per heavy atom. The van der Waals surface area contributed by atoms with Crippen LogP contribution in [0.15, 0.2) is 48.5 Å². The molecule has 3 N–H and O–H groups in total. The van der Waals surface area contributed by atoms with E-state index in [1.54, 1.807) is 0 Å². The van der Waals surface area contributed by atoms with Crippen LogP contribution in [0.3, 0.4) is 0 Å². The molecule has 2 atom stereocenters. The molecular weight excluding hydrogens is 324 g/mol. The number of anilines is 1. The Morgan fingerprint density at radius 1 is 1.12 bits per heavy atom. The molecule has 0 aromatic heterocycles. The fourth-order valence-electron chi connectivity index (χ4n) is 3.26. The Morgan fingerprint density at radius 2 is 1.80 bits per heavy atom. The fraction of sp³-hybridized carbons (Fsp3) is 0.316. The molecule has 1 amide bonds. The quantitative estimate of drug-likeness (QED) is 0.876. The van der Waals surface area contributed by atoms with E-state index in [1.165, 1.54) is 5.56 Å². The SMILES string of the molecule is N[C@@H]1CN(CCC(=O)Nc2cc(F)cc(F)c2)C[C@H]1c1ccccc1. The van der Waals surface area contributed by atoms with Gasteiger partial charge >= 0.3 is 0 Å². The van der Waals surface area contributed by atoms with Crippen LogP contribution in [0, 0.1) is 11.6 Å². The maximum atomic E-state index is 13.1. The van der Waals surface area contributed by atoms with E-state index >= 15 is 0 Å². The second-order valence-corrected chi connectivity index (χ2v) is 6.40. The van der Waals surface area contributed by atoms with Gasteiger partial charge in [-0.3, -0.25) is 4.79 Å². The second-order valence-electron chi connectivity index (χ2n) is 6.40. The number of nitrogens with one attached hydrogen (secondary N) is 1. The van der Waals surface area contributed by atoms with Gasteiger partial charge in [0.1, 0.15) is 11.6 Å². The molecule has 1 saturated heterocycles. The smallest absolute Gasteiger partial charge is 0.225 e. The second kappa shape index (κ2) is 7.72. The largest absolute Gasteiger partial charge is 0.326 e. The lowest BCUT2D eigenvalue weighted by molar-refractivity contribution is -0.116. The topological polar surface area (TPSA) is 58.4 Å². The van der Waals surface area contributed by atoms with Gasteiger partial charge in [0.05, 0.1) is 0 Å². The number of carbonyl (C=O) groups excluding carboxylic acids is 1. The van der Waals surface area contributed by atoms with Gasteiger partial charge in [-0.15, -0.1) is 0 Å². The molecule has 1 heterocycles. The zero-order valence-corrected chi connectivity index (χ0v) is 13.8. The van der Waals surface area contributed by atoms with Crippen molar-refractivity contribution >= 4 is 11.6 Å². The van der Waals surface area contributed by atoms with Gasteiger partial charge in [-0.2, -0.15) is 0 Å². The molecule has 0 bridgehead atoms. The standard InChI is InChI=1S/C19H21F2N3O/c20-14-8-15(21)10-16(9-14)23-19(25)6-7-24-11-17(18(22)12-24)13-4-2-1-3-5-13/h1-5,8-10,17-18H,6-7,11-12,22H2,(H,23,25)/t17-,18+/m0/s1. The van der Waals surface area contributed by atoms with E-state index in [1.807, 2.05) is 18.2 Å². The zero-order chi connectivity index (χ0) is 17.8. The van der Waals surface area contributed by atoms with Gasteiger partial charge in [0.15, 0.2) is 0 Å². The van der Waals surface area contributed by atoms with Gasteiger partial charge in [0.2, 0.25) is 5.91 Å². The third-order valence-electron chi connectivity index (χ3n) is 4.47. The summed E-state index contributed by atoms with van der Waals surface area (Å²) in [5.41, 5.74) is 7.57. The molecule has 6 heteroatoms. The van der Waals surface area contributed by atoms with Gasteiger partial charge in [-0.1, -0.05) is 30.3 Å². The number of amides is 1. The van der Waals surface area contributed by atoms with Crippen LogP contribution in [0.2, 0.25) is 0 Å². The molecule has 0 radical (unpaired) electrons. The fourth-order valence-corrected chi connectivity index (χ4v) is 3.26. The maximum Gasteiger partial charge on any atom is 0.225 e. The van der Waals surface area contributed by atoms with E-state index in [-0.39, 0.29) is 30.0 Å². The average molecular weight is 345 g/mol. The van der Waals surface area contributed by atoms with Crippen molar-refractivity contribution in [1.82, 2.24) is 4.90 Å². The summed E-state index contributed by atoms with van der Waals surface area (Å²) < 4.78 is 26.3. The number of halogens is 2. The Bertz CT molecular complexity index is 718. The average Bonchev–Trinajstić information content (AvgIpc) is 2.94. The third kappa shape index (κ3) is 4.61. The molecule has 0 aliphatic carbocycles. The molecule has 25 heavy (non-hydrogen) atoms. The highest BCUT2D eigenvalue weighted by atomic mass is 19.1. The van der Waals surface area contributed by atoms with Gasteiger partial charge in [0, 0.05) is 49.8 Å². The minimum Gasteiger partial charge on any atom is -0.326 e. The minimum absolute atomic E-state index is 0.0303. The monoisotopic (exact) mass is 345 g/mol. The lowest BCUT2D eigenvalue weighted by atomic mass is 9.95. The number of benzene rings is 2. The van der Waals surface area contributed by atoms with Crippen LogP contribution in [0.25, 0.3) is 0 Å². The van der Waals surface area contributed by atoms with E-state index < -0.39 is 11.6 Å². The summed E-state index contributed by atoms with van der Waals surface area (Å²) in [5.74, 6) is -1.46. The molecule has 1 aliphatic heterocycles. The predicted octanol–water partition coefficient (Wildman–Crippen LogP) is 2.72. The summed E-state index contributed by atoms with van der Waals surface area (Å²) in [4.78, 5) is 14.2. The predicted molar refractivity (Wildman–Crippen MR) is 93.2 cm³/mol. The molecular formula is C19H21F2N3O. The number of carbonyl (C=O) groups is 1. The third-order valence-corrected chi connectivity index (χ3v) is 4.47. The summed E-state index contributed by atoms with van der Waals surface area (Å²) in [6.45, 7) is 2.08. The van der Waals surface area contributed by atoms with E-state index in [0.717, 1.165) is 31.3 Å². The zero-order valence-electron chi connectivity index (χ0n) is 13.8. The van der Waals surface area contributed by atoms with E-state index in [0.29, 0.717) is 6.54 Å². The van der Waals surface area contributed by atoms with Crippen molar-refractivity contribution in [3.05, 3.63) is 65.7 Å². The Balaban J connectivity index is 1.51. The Hall–Kier alpha value is -2.31. The molecule has 1 fully saturated rings. The lowest BCUT2D eigenvalue weighted by Crippen LogP contribution is -2.30. The Labute approximate surface area is 145 Å². The molecule has 0 spiro atoms. The summed E-state index contributed by atoms with van der Waals surface area (Å²) in [5, 5.41) is 2.52. The first kappa shape index (κ1) is 17.5. The van der Waals surface area contributed by atoms with Crippen LogP contribution < -0.4 is 11.1 Å². The number of hydrogen-bond acceptors (Lipinski definition) is 3. The number of nitrogens with two attached hydrogens (primary N) is 1. The number of rotatable bonds is 5. The normalized spacial score (nSPS) is 20.6. The van der Waals surface area contributed by atoms with Crippen molar-refractivity contribution in [2.75, 3.05) is 25.0 Å². The summed E-state index contributed by atoms with van der Waals surface area (Å²) in [6, 6.07) is 13.1. The first-order chi connectivity index (χ1) is 12.0.